The lowest BCUT2D eigenvalue weighted by Gasteiger charge is -2.43. The standard InChI is InChI=1S/C12H26.CH4/c1-10(2,3)9-12(7,8)11(4,5)6;/h9H2,1-8H3;1H4. The van der Waals surface area contributed by atoms with E-state index in [1.54, 1.807) is 0 Å². The predicted octanol–water partition coefficient (Wildman–Crippen LogP) is 5.13. The summed E-state index contributed by atoms with van der Waals surface area (Å²) in [6, 6.07) is 0. The Morgan fingerprint density at radius 1 is 0.692 bits per heavy atom. The zero-order valence-electron chi connectivity index (χ0n) is 10.2. The van der Waals surface area contributed by atoms with Crippen molar-refractivity contribution in [2.24, 2.45) is 16.2 Å². The van der Waals surface area contributed by atoms with Crippen molar-refractivity contribution in [3.63, 3.8) is 0 Å². The maximum Gasteiger partial charge on any atom is -0.0301 e. The van der Waals surface area contributed by atoms with E-state index in [0.717, 1.165) is 0 Å². The molecule has 0 aromatic carbocycles. The van der Waals surface area contributed by atoms with E-state index in [0.29, 0.717) is 16.2 Å². The van der Waals surface area contributed by atoms with Gasteiger partial charge in [-0.15, -0.1) is 0 Å². The van der Waals surface area contributed by atoms with Crippen LogP contribution in [0.3, 0.4) is 0 Å². The van der Waals surface area contributed by atoms with E-state index >= 15 is 0 Å². The van der Waals surface area contributed by atoms with Gasteiger partial charge >= 0.3 is 0 Å². The second-order valence-corrected chi connectivity index (χ2v) is 6.87. The van der Waals surface area contributed by atoms with Crippen LogP contribution in [0, 0.1) is 16.2 Å². The van der Waals surface area contributed by atoms with Crippen LogP contribution < -0.4 is 0 Å². The maximum absolute atomic E-state index is 2.37. The van der Waals surface area contributed by atoms with Crippen LogP contribution in [-0.4, -0.2) is 0 Å². The Labute approximate surface area is 86.1 Å². The molecule has 0 aromatic rings. The van der Waals surface area contributed by atoms with Gasteiger partial charge in [0.25, 0.3) is 0 Å². The van der Waals surface area contributed by atoms with Crippen molar-refractivity contribution >= 4 is 0 Å². The Kier molecular flexibility index (Phi) is 4.79. The SMILES string of the molecule is C.CC(C)(C)CC(C)(C)C(C)(C)C. The molecule has 0 heterocycles. The number of hydrogen-bond donors (Lipinski definition) is 0. The van der Waals surface area contributed by atoms with Crippen molar-refractivity contribution in [1.29, 1.82) is 0 Å². The normalized spacial score (nSPS) is 13.8. The fourth-order valence-electron chi connectivity index (χ4n) is 1.59. The van der Waals surface area contributed by atoms with Gasteiger partial charge in [0.15, 0.2) is 0 Å². The zero-order chi connectivity index (χ0) is 10.2. The van der Waals surface area contributed by atoms with Gasteiger partial charge in [-0.25, -0.2) is 0 Å². The third-order valence-electron chi connectivity index (χ3n) is 3.00. The highest BCUT2D eigenvalue weighted by atomic mass is 14.4. The first-order valence-corrected chi connectivity index (χ1v) is 4.96. The Balaban J connectivity index is 0. The lowest BCUT2D eigenvalue weighted by molar-refractivity contribution is 0.0743. The molecule has 0 aliphatic carbocycles. The van der Waals surface area contributed by atoms with E-state index < -0.39 is 0 Å². The van der Waals surface area contributed by atoms with Crippen molar-refractivity contribution in [2.75, 3.05) is 0 Å². The lowest BCUT2D eigenvalue weighted by atomic mass is 9.63. The Morgan fingerprint density at radius 3 is 1.08 bits per heavy atom. The Bertz CT molecular complexity index is 138. The van der Waals surface area contributed by atoms with Crippen LogP contribution in [0.1, 0.15) is 69.2 Å². The zero-order valence-corrected chi connectivity index (χ0v) is 10.2. The highest BCUT2D eigenvalue weighted by Crippen LogP contribution is 2.45. The first-order valence-electron chi connectivity index (χ1n) is 4.96. The van der Waals surface area contributed by atoms with Crippen LogP contribution in [0.15, 0.2) is 0 Å². The number of rotatable bonds is 1. The van der Waals surface area contributed by atoms with Crippen LogP contribution >= 0.6 is 0 Å². The monoisotopic (exact) mass is 186 g/mol. The van der Waals surface area contributed by atoms with Crippen molar-refractivity contribution in [2.45, 2.75) is 69.2 Å². The molecule has 0 radical (unpaired) electrons. The summed E-state index contributed by atoms with van der Waals surface area (Å²) < 4.78 is 0. The van der Waals surface area contributed by atoms with Gasteiger partial charge in [0, 0.05) is 0 Å². The predicted molar refractivity (Wildman–Crippen MR) is 64.0 cm³/mol. The van der Waals surface area contributed by atoms with E-state index in [-0.39, 0.29) is 7.43 Å². The largest absolute Gasteiger partial charge is 0.0776 e. The molecule has 0 aliphatic heterocycles. The van der Waals surface area contributed by atoms with Gasteiger partial charge < -0.3 is 0 Å². The number of hydrogen-bond acceptors (Lipinski definition) is 0. The molecule has 0 atom stereocenters. The fraction of sp³-hybridized carbons (Fsp3) is 1.00. The highest BCUT2D eigenvalue weighted by molar-refractivity contribution is 4.85. The molecule has 0 bridgehead atoms. The molecule has 0 N–H and O–H groups in total. The van der Waals surface area contributed by atoms with E-state index in [4.69, 9.17) is 0 Å². The maximum atomic E-state index is 2.37. The van der Waals surface area contributed by atoms with Crippen LogP contribution in [0.2, 0.25) is 0 Å². The summed E-state index contributed by atoms with van der Waals surface area (Å²) in [5.41, 5.74) is 1.27. The molecule has 0 aromatic heterocycles. The molecule has 0 rings (SSSR count). The van der Waals surface area contributed by atoms with Crippen molar-refractivity contribution in [3.8, 4) is 0 Å². The van der Waals surface area contributed by atoms with Crippen LogP contribution in [0.4, 0.5) is 0 Å². The summed E-state index contributed by atoms with van der Waals surface area (Å²) in [5, 5.41) is 0. The average Bonchev–Trinajstić information content (AvgIpc) is 1.52. The third-order valence-corrected chi connectivity index (χ3v) is 3.00. The minimum absolute atomic E-state index is 0. The summed E-state index contributed by atoms with van der Waals surface area (Å²) >= 11 is 0. The van der Waals surface area contributed by atoms with E-state index in [9.17, 15) is 0 Å². The van der Waals surface area contributed by atoms with Gasteiger partial charge in [-0.05, 0) is 22.7 Å². The second-order valence-electron chi connectivity index (χ2n) is 6.87. The molecule has 0 fully saturated rings. The van der Waals surface area contributed by atoms with Gasteiger partial charge in [0.2, 0.25) is 0 Å². The van der Waals surface area contributed by atoms with E-state index in [1.807, 2.05) is 0 Å². The minimum atomic E-state index is 0. The van der Waals surface area contributed by atoms with Gasteiger partial charge in [-0.1, -0.05) is 62.8 Å². The average molecular weight is 186 g/mol. The highest BCUT2D eigenvalue weighted by Gasteiger charge is 2.35. The molecule has 13 heavy (non-hydrogen) atoms. The summed E-state index contributed by atoms with van der Waals surface area (Å²) in [4.78, 5) is 0. The Hall–Kier alpha value is 0. The first kappa shape index (κ1) is 15.5. The molecular formula is C13H30. The summed E-state index contributed by atoms with van der Waals surface area (Å²) in [6.07, 6.45) is 1.28. The van der Waals surface area contributed by atoms with Crippen molar-refractivity contribution in [3.05, 3.63) is 0 Å². The van der Waals surface area contributed by atoms with Gasteiger partial charge in [-0.2, -0.15) is 0 Å². The van der Waals surface area contributed by atoms with Crippen molar-refractivity contribution < 1.29 is 0 Å². The van der Waals surface area contributed by atoms with Crippen molar-refractivity contribution in [1.82, 2.24) is 0 Å². The quantitative estimate of drug-likeness (QED) is 0.532. The first-order chi connectivity index (χ1) is 4.96. The van der Waals surface area contributed by atoms with Crippen LogP contribution in [0.5, 0.6) is 0 Å². The topological polar surface area (TPSA) is 0 Å². The van der Waals surface area contributed by atoms with Crippen LogP contribution in [0.25, 0.3) is 0 Å². The smallest absolute Gasteiger partial charge is 0.0301 e. The molecule has 0 aliphatic rings. The molecule has 0 nitrogen and oxygen atoms in total. The minimum Gasteiger partial charge on any atom is -0.0776 e. The van der Waals surface area contributed by atoms with E-state index in [1.165, 1.54) is 6.42 Å². The van der Waals surface area contributed by atoms with E-state index in [2.05, 4.69) is 55.4 Å². The fourth-order valence-corrected chi connectivity index (χ4v) is 1.59. The molecule has 0 saturated carbocycles. The van der Waals surface area contributed by atoms with Gasteiger partial charge in [0.05, 0.1) is 0 Å². The lowest BCUT2D eigenvalue weighted by Crippen LogP contribution is -2.33. The molecule has 0 spiro atoms. The summed E-state index contributed by atoms with van der Waals surface area (Å²) in [5.74, 6) is 0. The van der Waals surface area contributed by atoms with Crippen LogP contribution in [-0.2, 0) is 0 Å². The van der Waals surface area contributed by atoms with Gasteiger partial charge in [0.1, 0.15) is 0 Å². The summed E-state index contributed by atoms with van der Waals surface area (Å²) in [7, 11) is 0. The molecule has 0 heteroatoms. The molecule has 0 amide bonds. The molecule has 0 unspecified atom stereocenters. The molecule has 82 valence electrons. The second kappa shape index (κ2) is 4.02. The third kappa shape index (κ3) is 5.33. The Morgan fingerprint density at radius 2 is 1.00 bits per heavy atom. The molecule has 0 saturated heterocycles. The molecular weight excluding hydrogens is 156 g/mol. The van der Waals surface area contributed by atoms with Gasteiger partial charge in [-0.3, -0.25) is 0 Å². The summed E-state index contributed by atoms with van der Waals surface area (Å²) in [6.45, 7) is 18.7.